The standard InChI is InChI=1S/C12H14FN3O3S/c1-16(7-9-2-4-11(13)5-3-9)20(18,19)12-10(8-17)6-14-15-12/h2-6,17H,7-8H2,1H3,(H,14,15). The summed E-state index contributed by atoms with van der Waals surface area (Å²) in [7, 11) is -2.38. The first-order valence-corrected chi connectivity index (χ1v) is 7.23. The lowest BCUT2D eigenvalue weighted by Gasteiger charge is -2.16. The summed E-state index contributed by atoms with van der Waals surface area (Å²) in [6, 6.07) is 5.57. The molecule has 2 N–H and O–H groups in total. The maximum atomic E-state index is 12.8. The van der Waals surface area contributed by atoms with Gasteiger partial charge in [-0.25, -0.2) is 12.8 Å². The van der Waals surface area contributed by atoms with Crippen LogP contribution in [0.5, 0.6) is 0 Å². The van der Waals surface area contributed by atoms with Crippen LogP contribution in [0.2, 0.25) is 0 Å². The third-order valence-corrected chi connectivity index (χ3v) is 4.65. The first-order chi connectivity index (χ1) is 9.45. The highest BCUT2D eigenvalue weighted by atomic mass is 32.2. The van der Waals surface area contributed by atoms with Crippen molar-refractivity contribution in [3.63, 3.8) is 0 Å². The van der Waals surface area contributed by atoms with E-state index in [9.17, 15) is 12.8 Å². The Labute approximate surface area is 115 Å². The maximum absolute atomic E-state index is 12.8. The summed E-state index contributed by atoms with van der Waals surface area (Å²) >= 11 is 0. The SMILES string of the molecule is CN(Cc1ccc(F)cc1)S(=O)(=O)c1[nH]ncc1CO. The molecule has 0 aliphatic heterocycles. The zero-order chi connectivity index (χ0) is 14.8. The Kier molecular flexibility index (Phi) is 4.17. The van der Waals surface area contributed by atoms with Crippen molar-refractivity contribution in [2.45, 2.75) is 18.2 Å². The number of aromatic amines is 1. The molecule has 0 unspecified atom stereocenters. The van der Waals surface area contributed by atoms with Gasteiger partial charge in [0.2, 0.25) is 0 Å². The summed E-state index contributed by atoms with van der Waals surface area (Å²) in [6.07, 6.45) is 1.26. The largest absolute Gasteiger partial charge is 0.392 e. The molecular formula is C12H14FN3O3S. The van der Waals surface area contributed by atoms with Crippen LogP contribution in [0.15, 0.2) is 35.5 Å². The number of rotatable bonds is 5. The second-order valence-electron chi connectivity index (χ2n) is 4.27. The van der Waals surface area contributed by atoms with Gasteiger partial charge < -0.3 is 5.11 Å². The Morgan fingerprint density at radius 3 is 2.60 bits per heavy atom. The zero-order valence-corrected chi connectivity index (χ0v) is 11.6. The summed E-state index contributed by atoms with van der Waals surface area (Å²) in [6.45, 7) is -0.331. The van der Waals surface area contributed by atoms with Crippen molar-refractivity contribution in [2.75, 3.05) is 7.05 Å². The van der Waals surface area contributed by atoms with Gasteiger partial charge in [0.05, 0.1) is 12.8 Å². The molecule has 6 nitrogen and oxygen atoms in total. The lowest BCUT2D eigenvalue weighted by Crippen LogP contribution is -2.27. The Morgan fingerprint density at radius 1 is 1.35 bits per heavy atom. The van der Waals surface area contributed by atoms with Crippen molar-refractivity contribution in [1.29, 1.82) is 0 Å². The highest BCUT2D eigenvalue weighted by molar-refractivity contribution is 7.89. The number of aromatic nitrogens is 2. The fourth-order valence-electron chi connectivity index (χ4n) is 1.72. The first kappa shape index (κ1) is 14.6. The predicted octanol–water partition coefficient (Wildman–Crippen LogP) is 0.862. The molecule has 2 aromatic rings. The van der Waals surface area contributed by atoms with E-state index in [0.717, 1.165) is 4.31 Å². The number of hydrogen-bond donors (Lipinski definition) is 2. The monoisotopic (exact) mass is 299 g/mol. The average molecular weight is 299 g/mol. The number of sulfonamides is 1. The average Bonchev–Trinajstić information content (AvgIpc) is 2.90. The van der Waals surface area contributed by atoms with Crippen LogP contribution in [0.4, 0.5) is 4.39 Å². The summed E-state index contributed by atoms with van der Waals surface area (Å²) in [5, 5.41) is 14.9. The van der Waals surface area contributed by atoms with E-state index in [-0.39, 0.29) is 23.0 Å². The molecule has 108 valence electrons. The molecule has 0 amide bonds. The third-order valence-electron chi connectivity index (χ3n) is 2.84. The van der Waals surface area contributed by atoms with Gasteiger partial charge in [-0.05, 0) is 17.7 Å². The number of aliphatic hydroxyl groups is 1. The number of H-pyrrole nitrogens is 1. The van der Waals surface area contributed by atoms with Crippen LogP contribution < -0.4 is 0 Å². The van der Waals surface area contributed by atoms with Crippen LogP contribution in [-0.4, -0.2) is 35.1 Å². The van der Waals surface area contributed by atoms with Gasteiger partial charge in [0.15, 0.2) is 5.03 Å². The molecule has 0 aliphatic carbocycles. The summed E-state index contributed by atoms with van der Waals surface area (Å²) in [4.78, 5) is 0. The molecule has 8 heteroatoms. The van der Waals surface area contributed by atoms with Crippen LogP contribution >= 0.6 is 0 Å². The van der Waals surface area contributed by atoms with Crippen LogP contribution in [0, 0.1) is 5.82 Å². The van der Waals surface area contributed by atoms with E-state index in [1.54, 1.807) is 0 Å². The first-order valence-electron chi connectivity index (χ1n) is 5.79. The molecule has 0 saturated carbocycles. The summed E-state index contributed by atoms with van der Waals surface area (Å²) < 4.78 is 38.5. The maximum Gasteiger partial charge on any atom is 0.260 e. The molecule has 2 rings (SSSR count). The number of halogens is 1. The van der Waals surface area contributed by atoms with Crippen LogP contribution in [-0.2, 0) is 23.2 Å². The van der Waals surface area contributed by atoms with E-state index < -0.39 is 16.6 Å². The van der Waals surface area contributed by atoms with Crippen molar-refractivity contribution in [3.8, 4) is 0 Å². The van der Waals surface area contributed by atoms with Crippen LogP contribution in [0.25, 0.3) is 0 Å². The molecular weight excluding hydrogens is 285 g/mol. The Bertz CT molecular complexity index is 682. The molecule has 0 aliphatic rings. The second kappa shape index (κ2) is 5.70. The molecule has 0 fully saturated rings. The lowest BCUT2D eigenvalue weighted by atomic mass is 10.2. The Morgan fingerprint density at radius 2 is 2.00 bits per heavy atom. The van der Waals surface area contributed by atoms with Gasteiger partial charge in [-0.1, -0.05) is 12.1 Å². The minimum absolute atomic E-state index is 0.0898. The van der Waals surface area contributed by atoms with E-state index >= 15 is 0 Å². The van der Waals surface area contributed by atoms with Gasteiger partial charge in [0.25, 0.3) is 10.0 Å². The fourth-order valence-corrected chi connectivity index (χ4v) is 2.97. The highest BCUT2D eigenvalue weighted by Gasteiger charge is 2.25. The van der Waals surface area contributed by atoms with Gasteiger partial charge in [0, 0.05) is 19.2 Å². The molecule has 1 aromatic heterocycles. The smallest absolute Gasteiger partial charge is 0.260 e. The molecule has 0 spiro atoms. The van der Waals surface area contributed by atoms with Crippen LogP contribution in [0.3, 0.4) is 0 Å². The number of hydrogen-bond acceptors (Lipinski definition) is 4. The third kappa shape index (κ3) is 2.87. The number of aliphatic hydroxyl groups excluding tert-OH is 1. The molecule has 1 aromatic carbocycles. The molecule has 1 heterocycles. The molecule has 0 saturated heterocycles. The van der Waals surface area contributed by atoms with E-state index in [4.69, 9.17) is 5.11 Å². The predicted molar refractivity (Wildman–Crippen MR) is 69.6 cm³/mol. The molecule has 20 heavy (non-hydrogen) atoms. The second-order valence-corrected chi connectivity index (χ2v) is 6.25. The van der Waals surface area contributed by atoms with Crippen LogP contribution in [0.1, 0.15) is 11.1 Å². The van der Waals surface area contributed by atoms with Gasteiger partial charge >= 0.3 is 0 Å². The van der Waals surface area contributed by atoms with Gasteiger partial charge in [-0.15, -0.1) is 0 Å². The summed E-state index contributed by atoms with van der Waals surface area (Å²) in [5.41, 5.74) is 0.860. The number of nitrogens with one attached hydrogen (secondary N) is 1. The normalized spacial score (nSPS) is 12.0. The van der Waals surface area contributed by atoms with Gasteiger partial charge in [-0.3, -0.25) is 5.10 Å². The lowest BCUT2D eigenvalue weighted by molar-refractivity contribution is 0.278. The molecule has 0 atom stereocenters. The van der Waals surface area contributed by atoms with E-state index in [2.05, 4.69) is 10.2 Å². The van der Waals surface area contributed by atoms with Crippen molar-refractivity contribution >= 4 is 10.0 Å². The number of nitrogens with zero attached hydrogens (tertiary/aromatic N) is 2. The molecule has 0 radical (unpaired) electrons. The van der Waals surface area contributed by atoms with E-state index in [1.807, 2.05) is 0 Å². The Balaban J connectivity index is 2.23. The Hall–Kier alpha value is -1.77. The fraction of sp³-hybridized carbons (Fsp3) is 0.250. The topological polar surface area (TPSA) is 86.3 Å². The zero-order valence-electron chi connectivity index (χ0n) is 10.7. The summed E-state index contributed by atoms with van der Waals surface area (Å²) in [5.74, 6) is -0.379. The van der Waals surface area contributed by atoms with Gasteiger partial charge in [0.1, 0.15) is 5.82 Å². The van der Waals surface area contributed by atoms with E-state index in [0.29, 0.717) is 5.56 Å². The molecule has 0 bridgehead atoms. The van der Waals surface area contributed by atoms with Gasteiger partial charge in [-0.2, -0.15) is 9.40 Å². The van der Waals surface area contributed by atoms with Crippen molar-refractivity contribution in [3.05, 3.63) is 47.4 Å². The number of benzene rings is 1. The van der Waals surface area contributed by atoms with E-state index in [1.165, 1.54) is 37.5 Å². The van der Waals surface area contributed by atoms with Crippen molar-refractivity contribution < 1.29 is 17.9 Å². The van der Waals surface area contributed by atoms with Crippen molar-refractivity contribution in [1.82, 2.24) is 14.5 Å². The minimum atomic E-state index is -3.79. The minimum Gasteiger partial charge on any atom is -0.392 e. The quantitative estimate of drug-likeness (QED) is 0.857. The van der Waals surface area contributed by atoms with Crippen molar-refractivity contribution in [2.24, 2.45) is 0 Å². The highest BCUT2D eigenvalue weighted by Crippen LogP contribution is 2.18.